The second-order valence-electron chi connectivity index (χ2n) is 5.02. The van der Waals surface area contributed by atoms with Gasteiger partial charge in [-0.3, -0.25) is 0 Å². The number of hydrogen-bond acceptors (Lipinski definition) is 2. The minimum absolute atomic E-state index is 0.881. The summed E-state index contributed by atoms with van der Waals surface area (Å²) in [6.07, 6.45) is 5.08. The van der Waals surface area contributed by atoms with E-state index in [1.54, 1.807) is 5.56 Å². The van der Waals surface area contributed by atoms with Crippen molar-refractivity contribution >= 4 is 0 Å². The van der Waals surface area contributed by atoms with Crippen molar-refractivity contribution in [2.45, 2.75) is 25.7 Å². The summed E-state index contributed by atoms with van der Waals surface area (Å²) in [5.74, 6) is 0.881. The van der Waals surface area contributed by atoms with Gasteiger partial charge in [0.1, 0.15) is 0 Å². The molecule has 1 aromatic carbocycles. The minimum Gasteiger partial charge on any atom is -0.319 e. The van der Waals surface area contributed by atoms with Gasteiger partial charge in [-0.25, -0.2) is 0 Å². The van der Waals surface area contributed by atoms with E-state index in [0.717, 1.165) is 18.9 Å². The standard InChI is InChI=1S/C15H24N2/c1-16-9-8-14-4-2-3-5-15(14)12-13-6-10-17-11-7-13/h2-5,13,16-17H,6-12H2,1H3. The average Bonchev–Trinajstić information content (AvgIpc) is 2.39. The van der Waals surface area contributed by atoms with Crippen LogP contribution in [0.1, 0.15) is 24.0 Å². The Morgan fingerprint density at radius 3 is 2.59 bits per heavy atom. The van der Waals surface area contributed by atoms with Crippen LogP contribution in [-0.4, -0.2) is 26.7 Å². The lowest BCUT2D eigenvalue weighted by Gasteiger charge is -2.23. The molecule has 0 atom stereocenters. The van der Waals surface area contributed by atoms with Crippen LogP contribution in [0.2, 0.25) is 0 Å². The lowest BCUT2D eigenvalue weighted by molar-refractivity contribution is 0.372. The number of benzene rings is 1. The van der Waals surface area contributed by atoms with E-state index in [1.165, 1.54) is 37.9 Å². The summed E-state index contributed by atoms with van der Waals surface area (Å²) in [6, 6.07) is 8.94. The molecule has 94 valence electrons. The molecular formula is C15H24N2. The predicted octanol–water partition coefficient (Wildman–Crippen LogP) is 1.99. The fourth-order valence-corrected chi connectivity index (χ4v) is 2.66. The van der Waals surface area contributed by atoms with Gasteiger partial charge < -0.3 is 10.6 Å². The smallest absolute Gasteiger partial charge is 0.00113 e. The second-order valence-corrected chi connectivity index (χ2v) is 5.02. The largest absolute Gasteiger partial charge is 0.319 e. The molecule has 17 heavy (non-hydrogen) atoms. The van der Waals surface area contributed by atoms with Gasteiger partial charge in [-0.15, -0.1) is 0 Å². The Hall–Kier alpha value is -0.860. The van der Waals surface area contributed by atoms with E-state index in [4.69, 9.17) is 0 Å². The van der Waals surface area contributed by atoms with Crippen LogP contribution in [0.15, 0.2) is 24.3 Å². The van der Waals surface area contributed by atoms with Gasteiger partial charge in [0.05, 0.1) is 0 Å². The van der Waals surface area contributed by atoms with Crippen LogP contribution in [0.5, 0.6) is 0 Å². The molecule has 0 bridgehead atoms. The first-order valence-corrected chi connectivity index (χ1v) is 6.82. The lowest BCUT2D eigenvalue weighted by Crippen LogP contribution is -2.28. The molecule has 0 saturated carbocycles. The van der Waals surface area contributed by atoms with E-state index in [1.807, 2.05) is 7.05 Å². The molecule has 2 rings (SSSR count). The van der Waals surface area contributed by atoms with E-state index in [2.05, 4.69) is 34.9 Å². The zero-order valence-corrected chi connectivity index (χ0v) is 10.8. The van der Waals surface area contributed by atoms with Crippen molar-refractivity contribution in [2.75, 3.05) is 26.7 Å². The normalized spacial score (nSPS) is 17.2. The van der Waals surface area contributed by atoms with Crippen LogP contribution < -0.4 is 10.6 Å². The van der Waals surface area contributed by atoms with Crippen molar-refractivity contribution in [3.63, 3.8) is 0 Å². The molecule has 2 heteroatoms. The molecule has 0 radical (unpaired) electrons. The molecule has 0 amide bonds. The fraction of sp³-hybridized carbons (Fsp3) is 0.600. The SMILES string of the molecule is CNCCc1ccccc1CC1CCNCC1. The first-order valence-electron chi connectivity index (χ1n) is 6.82. The summed E-state index contributed by atoms with van der Waals surface area (Å²) >= 11 is 0. The molecule has 0 aromatic heterocycles. The molecular weight excluding hydrogens is 208 g/mol. The topological polar surface area (TPSA) is 24.1 Å². The van der Waals surface area contributed by atoms with Crippen molar-refractivity contribution in [3.05, 3.63) is 35.4 Å². The van der Waals surface area contributed by atoms with Crippen LogP contribution in [0.4, 0.5) is 0 Å². The van der Waals surface area contributed by atoms with Crippen LogP contribution >= 0.6 is 0 Å². The molecule has 0 unspecified atom stereocenters. The Balaban J connectivity index is 1.98. The molecule has 1 fully saturated rings. The number of piperidine rings is 1. The van der Waals surface area contributed by atoms with Gasteiger partial charge in [-0.1, -0.05) is 24.3 Å². The molecule has 1 aliphatic rings. The van der Waals surface area contributed by atoms with Crippen LogP contribution in [0.25, 0.3) is 0 Å². The maximum absolute atomic E-state index is 3.44. The Kier molecular flexibility index (Phi) is 5.02. The minimum atomic E-state index is 0.881. The third-order valence-corrected chi connectivity index (χ3v) is 3.73. The Morgan fingerprint density at radius 1 is 1.18 bits per heavy atom. The highest BCUT2D eigenvalue weighted by atomic mass is 14.9. The number of likely N-dealkylation sites (N-methyl/N-ethyl adjacent to an activating group) is 1. The second kappa shape index (κ2) is 6.77. The van der Waals surface area contributed by atoms with Gasteiger partial charge in [0.15, 0.2) is 0 Å². The van der Waals surface area contributed by atoms with E-state index in [9.17, 15) is 0 Å². The fourth-order valence-electron chi connectivity index (χ4n) is 2.66. The van der Waals surface area contributed by atoms with Crippen LogP contribution in [0.3, 0.4) is 0 Å². The van der Waals surface area contributed by atoms with Gasteiger partial charge in [0.25, 0.3) is 0 Å². The third kappa shape index (κ3) is 3.83. The van der Waals surface area contributed by atoms with Gasteiger partial charge in [0.2, 0.25) is 0 Å². The summed E-state index contributed by atoms with van der Waals surface area (Å²) in [5.41, 5.74) is 3.09. The Labute approximate surface area is 105 Å². The van der Waals surface area contributed by atoms with Gasteiger partial charge in [-0.05, 0) is 69.4 Å². The number of rotatable bonds is 5. The van der Waals surface area contributed by atoms with Crippen molar-refractivity contribution < 1.29 is 0 Å². The van der Waals surface area contributed by atoms with Gasteiger partial charge in [0, 0.05) is 0 Å². The highest BCUT2D eigenvalue weighted by Gasteiger charge is 2.14. The first-order chi connectivity index (χ1) is 8.40. The van der Waals surface area contributed by atoms with Crippen molar-refractivity contribution in [3.8, 4) is 0 Å². The summed E-state index contributed by atoms with van der Waals surface area (Å²) in [4.78, 5) is 0. The molecule has 1 aliphatic heterocycles. The highest BCUT2D eigenvalue weighted by Crippen LogP contribution is 2.20. The zero-order valence-electron chi connectivity index (χ0n) is 10.8. The maximum Gasteiger partial charge on any atom is -0.00113 e. The zero-order chi connectivity index (χ0) is 11.9. The molecule has 0 aliphatic carbocycles. The third-order valence-electron chi connectivity index (χ3n) is 3.73. The van der Waals surface area contributed by atoms with Gasteiger partial charge >= 0.3 is 0 Å². The quantitative estimate of drug-likeness (QED) is 0.811. The molecule has 1 saturated heterocycles. The molecule has 2 nitrogen and oxygen atoms in total. The Morgan fingerprint density at radius 2 is 1.88 bits per heavy atom. The Bertz CT molecular complexity index is 329. The predicted molar refractivity (Wildman–Crippen MR) is 73.4 cm³/mol. The van der Waals surface area contributed by atoms with Gasteiger partial charge in [-0.2, -0.15) is 0 Å². The molecule has 0 spiro atoms. The number of hydrogen-bond donors (Lipinski definition) is 2. The molecule has 2 N–H and O–H groups in total. The maximum atomic E-state index is 3.44. The van der Waals surface area contributed by atoms with Crippen LogP contribution in [-0.2, 0) is 12.8 Å². The number of nitrogens with one attached hydrogen (secondary N) is 2. The van der Waals surface area contributed by atoms with Crippen molar-refractivity contribution in [2.24, 2.45) is 5.92 Å². The summed E-state index contributed by atoms with van der Waals surface area (Å²) in [6.45, 7) is 3.47. The van der Waals surface area contributed by atoms with E-state index < -0.39 is 0 Å². The monoisotopic (exact) mass is 232 g/mol. The summed E-state index contributed by atoms with van der Waals surface area (Å²) in [7, 11) is 2.02. The van der Waals surface area contributed by atoms with Crippen molar-refractivity contribution in [1.82, 2.24) is 10.6 Å². The summed E-state index contributed by atoms with van der Waals surface area (Å²) in [5, 5.41) is 6.68. The van der Waals surface area contributed by atoms with E-state index >= 15 is 0 Å². The highest BCUT2D eigenvalue weighted by molar-refractivity contribution is 5.28. The van der Waals surface area contributed by atoms with Crippen molar-refractivity contribution in [1.29, 1.82) is 0 Å². The van der Waals surface area contributed by atoms with E-state index in [0.29, 0.717) is 0 Å². The van der Waals surface area contributed by atoms with E-state index in [-0.39, 0.29) is 0 Å². The summed E-state index contributed by atoms with van der Waals surface area (Å²) < 4.78 is 0. The van der Waals surface area contributed by atoms with Crippen LogP contribution in [0, 0.1) is 5.92 Å². The molecule has 1 heterocycles. The average molecular weight is 232 g/mol. The lowest BCUT2D eigenvalue weighted by atomic mass is 9.88. The molecule has 1 aromatic rings. The first kappa shape index (κ1) is 12.6.